The highest BCUT2D eigenvalue weighted by Gasteiger charge is 2.62. The topological polar surface area (TPSA) is 6.48 Å². The van der Waals surface area contributed by atoms with Crippen LogP contribution in [0.1, 0.15) is 146 Å². The van der Waals surface area contributed by atoms with Gasteiger partial charge in [0.15, 0.2) is 0 Å². The van der Waals surface area contributed by atoms with Crippen LogP contribution in [0, 0.1) is 23.7 Å². The molecular formula is C84H78N2. The molecule has 0 heterocycles. The summed E-state index contributed by atoms with van der Waals surface area (Å²) < 4.78 is 0. The summed E-state index contributed by atoms with van der Waals surface area (Å²) in [7, 11) is 0. The van der Waals surface area contributed by atoms with Crippen molar-refractivity contribution in [3.63, 3.8) is 0 Å². The van der Waals surface area contributed by atoms with E-state index in [1.165, 1.54) is 165 Å². The predicted molar refractivity (Wildman–Crippen MR) is 364 cm³/mol. The van der Waals surface area contributed by atoms with Gasteiger partial charge in [0.25, 0.3) is 0 Å². The van der Waals surface area contributed by atoms with E-state index in [2.05, 4.69) is 285 Å². The van der Waals surface area contributed by atoms with Gasteiger partial charge in [0.1, 0.15) is 0 Å². The van der Waals surface area contributed by atoms with Crippen LogP contribution in [0.5, 0.6) is 0 Å². The van der Waals surface area contributed by atoms with Crippen LogP contribution < -0.4 is 9.80 Å². The molecule has 0 atom stereocenters. The fraction of sp³-hybridized carbons (Fsp3) is 0.286. The van der Waals surface area contributed by atoms with E-state index in [0.29, 0.717) is 11.8 Å². The van der Waals surface area contributed by atoms with Gasteiger partial charge < -0.3 is 9.80 Å². The van der Waals surface area contributed by atoms with Gasteiger partial charge in [-0.1, -0.05) is 209 Å². The lowest BCUT2D eigenvalue weighted by Gasteiger charge is -2.61. The minimum atomic E-state index is -0.186. The van der Waals surface area contributed by atoms with Crippen molar-refractivity contribution in [2.45, 2.75) is 128 Å². The lowest BCUT2D eigenvalue weighted by Crippen LogP contribution is -2.55. The first-order valence-corrected chi connectivity index (χ1v) is 32.2. The van der Waals surface area contributed by atoms with Crippen molar-refractivity contribution in [2.24, 2.45) is 23.7 Å². The number of benzene rings is 11. The van der Waals surface area contributed by atoms with Crippen molar-refractivity contribution in [1.29, 1.82) is 0 Å². The van der Waals surface area contributed by atoms with E-state index in [1.54, 1.807) is 11.1 Å². The maximum atomic E-state index is 2.75. The van der Waals surface area contributed by atoms with Gasteiger partial charge in [-0.2, -0.15) is 0 Å². The molecule has 0 N–H and O–H groups in total. The van der Waals surface area contributed by atoms with Crippen LogP contribution in [-0.4, -0.2) is 0 Å². The van der Waals surface area contributed by atoms with E-state index in [1.807, 2.05) is 0 Å². The van der Waals surface area contributed by atoms with Gasteiger partial charge in [-0.3, -0.25) is 0 Å². The quantitative estimate of drug-likeness (QED) is 0.164. The first kappa shape index (κ1) is 52.2. The molecule has 7 aliphatic carbocycles. The molecule has 86 heavy (non-hydrogen) atoms. The number of fused-ring (bicyclic) bond motifs is 15. The molecule has 1 spiro atoms. The molecule has 0 saturated heterocycles. The smallest absolute Gasteiger partial charge is 0.0543 e. The number of anilines is 6. The molecule has 0 unspecified atom stereocenters. The Morgan fingerprint density at radius 2 is 0.709 bits per heavy atom. The summed E-state index contributed by atoms with van der Waals surface area (Å²) in [5.41, 5.74) is 26.7. The van der Waals surface area contributed by atoms with Crippen LogP contribution in [0.2, 0.25) is 0 Å². The number of rotatable bonds is 6. The van der Waals surface area contributed by atoms with Crippen LogP contribution in [0.4, 0.5) is 34.1 Å². The fourth-order valence-electron chi connectivity index (χ4n) is 18.7. The number of hydrogen-bond donors (Lipinski definition) is 0. The molecule has 0 aliphatic heterocycles. The molecule has 0 aromatic heterocycles. The monoisotopic (exact) mass is 1110 g/mol. The van der Waals surface area contributed by atoms with Crippen LogP contribution in [0.3, 0.4) is 0 Å². The van der Waals surface area contributed by atoms with E-state index >= 15 is 0 Å². The molecule has 0 radical (unpaired) electrons. The molecule has 11 aromatic carbocycles. The molecule has 0 amide bonds. The maximum absolute atomic E-state index is 2.75. The van der Waals surface area contributed by atoms with Crippen LogP contribution in [0.15, 0.2) is 206 Å². The van der Waals surface area contributed by atoms with Crippen LogP contribution >= 0.6 is 0 Å². The van der Waals surface area contributed by atoms with Gasteiger partial charge >= 0.3 is 0 Å². The highest BCUT2D eigenvalue weighted by atomic mass is 15.2. The van der Waals surface area contributed by atoms with E-state index in [0.717, 1.165) is 11.8 Å². The van der Waals surface area contributed by atoms with E-state index in [4.69, 9.17) is 0 Å². The molecule has 424 valence electrons. The standard InChI is InChI=1S/C84H78N2/c1-80(2,3)54-25-29-58(30-26-54)85(60-33-36-67-72(46-60)82(7,8)70-39-23-52-17-11-13-19-63(52)77(67)70)61-34-38-69-74(48-61)84(56-42-50-41-51(44-56)45-57(84)43-50)75-49-76(65-21-15-16-22-66(65)79(69)75)86(59-31-27-55(28-32-59)81(4,5)6)62-35-37-68-73(47-62)83(9,10)71-40-24-53-18-12-14-20-64(53)78(68)71/h11-40,46-51,56-57H,41-45H2,1-10H3. The van der Waals surface area contributed by atoms with Gasteiger partial charge in [0, 0.05) is 50.1 Å². The molecular weight excluding hydrogens is 1040 g/mol. The molecule has 4 saturated carbocycles. The Bertz CT molecular complexity index is 4640. The Kier molecular flexibility index (Phi) is 10.9. The van der Waals surface area contributed by atoms with Gasteiger partial charge in [-0.15, -0.1) is 0 Å². The summed E-state index contributed by atoms with van der Waals surface area (Å²) in [4.78, 5) is 5.27. The third-order valence-electron chi connectivity index (χ3n) is 22.7. The second-order valence-electron chi connectivity index (χ2n) is 30.2. The SMILES string of the molecule is CC(C)(C)c1ccc(N(c2ccc3c(c2)C(C)(C)c2ccc4ccccc4c2-3)c2ccc3c(c2)C2(c4cc(N(c5ccc(C(C)(C)C)cc5)c5ccc6c(c5)C(C)(C)c5ccc7ccccc7c5-6)c5ccccc5c4-3)C3CC4CC(C3)CC2C4)cc1. The normalized spacial score (nSPS) is 21.4. The molecule has 2 nitrogen and oxygen atoms in total. The zero-order chi connectivity index (χ0) is 58.6. The Morgan fingerprint density at radius 1 is 0.326 bits per heavy atom. The summed E-state index contributed by atoms with van der Waals surface area (Å²) in [6, 6.07) is 81.4. The molecule has 18 rings (SSSR count). The molecule has 7 aliphatic rings. The Labute approximate surface area is 509 Å². The molecule has 4 bridgehead atoms. The summed E-state index contributed by atoms with van der Waals surface area (Å²) in [6.07, 6.45) is 6.62. The Balaban J connectivity index is 0.885. The second kappa shape index (κ2) is 17.9. The first-order chi connectivity index (χ1) is 41.4. The average molecular weight is 1120 g/mol. The summed E-state index contributed by atoms with van der Waals surface area (Å²) in [6.45, 7) is 23.8. The highest BCUT2D eigenvalue weighted by Crippen LogP contribution is 2.71. The summed E-state index contributed by atoms with van der Waals surface area (Å²) in [5, 5.41) is 7.93. The molecule has 4 fully saturated rings. The molecule has 11 aromatic rings. The van der Waals surface area contributed by atoms with E-state index < -0.39 is 0 Å². The first-order valence-electron chi connectivity index (χ1n) is 32.2. The van der Waals surface area contributed by atoms with Gasteiger partial charge in [-0.05, 0) is 238 Å². The van der Waals surface area contributed by atoms with Crippen LogP contribution in [-0.2, 0) is 27.1 Å². The Hall–Kier alpha value is -8.20. The predicted octanol–water partition coefficient (Wildman–Crippen LogP) is 23.0. The van der Waals surface area contributed by atoms with E-state index in [-0.39, 0.29) is 27.1 Å². The molecule has 2 heteroatoms. The Morgan fingerprint density at radius 3 is 1.19 bits per heavy atom. The average Bonchev–Trinajstić information content (AvgIpc) is 1.47. The zero-order valence-corrected chi connectivity index (χ0v) is 51.9. The summed E-state index contributed by atoms with van der Waals surface area (Å²) >= 11 is 0. The lowest BCUT2D eigenvalue weighted by molar-refractivity contribution is -0.0398. The van der Waals surface area contributed by atoms with Crippen molar-refractivity contribution in [2.75, 3.05) is 9.80 Å². The zero-order valence-electron chi connectivity index (χ0n) is 51.9. The van der Waals surface area contributed by atoms with Gasteiger partial charge in [-0.25, -0.2) is 0 Å². The minimum Gasteiger partial charge on any atom is -0.310 e. The van der Waals surface area contributed by atoms with Gasteiger partial charge in [0.2, 0.25) is 0 Å². The van der Waals surface area contributed by atoms with Crippen molar-refractivity contribution in [3.8, 4) is 33.4 Å². The number of hydrogen-bond acceptors (Lipinski definition) is 2. The van der Waals surface area contributed by atoms with E-state index in [9.17, 15) is 0 Å². The third-order valence-corrected chi connectivity index (χ3v) is 22.7. The van der Waals surface area contributed by atoms with Crippen molar-refractivity contribution in [1.82, 2.24) is 0 Å². The third kappa shape index (κ3) is 7.25. The maximum Gasteiger partial charge on any atom is 0.0543 e. The van der Waals surface area contributed by atoms with Crippen molar-refractivity contribution < 1.29 is 0 Å². The largest absolute Gasteiger partial charge is 0.310 e. The minimum absolute atomic E-state index is 0.0238. The lowest BCUT2D eigenvalue weighted by atomic mass is 9.43. The number of nitrogens with zero attached hydrogens (tertiary/aromatic N) is 2. The van der Waals surface area contributed by atoms with Crippen molar-refractivity contribution in [3.05, 3.63) is 251 Å². The van der Waals surface area contributed by atoms with Crippen molar-refractivity contribution >= 4 is 66.4 Å². The fourth-order valence-corrected chi connectivity index (χ4v) is 18.7. The van der Waals surface area contributed by atoms with Gasteiger partial charge in [0.05, 0.1) is 5.69 Å². The highest BCUT2D eigenvalue weighted by molar-refractivity contribution is 6.11. The summed E-state index contributed by atoms with van der Waals surface area (Å²) in [5.74, 6) is 2.73. The van der Waals surface area contributed by atoms with Crippen LogP contribution in [0.25, 0.3) is 65.7 Å². The second-order valence-corrected chi connectivity index (χ2v) is 30.2.